The number of carbonyl (C=O) groups is 3. The minimum atomic E-state index is -1.12. The summed E-state index contributed by atoms with van der Waals surface area (Å²) in [5.74, 6) is -1.25. The third-order valence-electron chi connectivity index (χ3n) is 8.92. The number of piperidine rings is 1. The molecule has 42 heavy (non-hydrogen) atoms. The summed E-state index contributed by atoms with van der Waals surface area (Å²) in [6.45, 7) is 14.5. The molecule has 10 nitrogen and oxygen atoms in total. The number of rotatable bonds is 8. The first kappa shape index (κ1) is 29.8. The highest BCUT2D eigenvalue weighted by atomic mass is 32.1. The Morgan fingerprint density at radius 1 is 1.21 bits per heavy atom. The van der Waals surface area contributed by atoms with Gasteiger partial charge >= 0.3 is 0 Å². The van der Waals surface area contributed by atoms with Crippen LogP contribution in [-0.2, 0) is 20.8 Å². The van der Waals surface area contributed by atoms with Crippen LogP contribution in [0, 0.1) is 36.5 Å². The second kappa shape index (κ2) is 10.5. The van der Waals surface area contributed by atoms with Crippen LogP contribution in [0.5, 0.6) is 0 Å². The zero-order valence-electron chi connectivity index (χ0n) is 25.2. The van der Waals surface area contributed by atoms with Crippen LogP contribution in [0.4, 0.5) is 5.13 Å². The Hall–Kier alpha value is -3.73. The van der Waals surface area contributed by atoms with Gasteiger partial charge < -0.3 is 26.3 Å². The van der Waals surface area contributed by atoms with Crippen molar-refractivity contribution in [3.63, 3.8) is 0 Å². The minimum absolute atomic E-state index is 0.0512. The summed E-state index contributed by atoms with van der Waals surface area (Å²) >= 11 is 1.47. The Balaban J connectivity index is 1.40. The monoisotopic (exact) mass is 592 g/mol. The van der Waals surface area contributed by atoms with E-state index in [0.717, 1.165) is 15.8 Å². The van der Waals surface area contributed by atoms with E-state index < -0.39 is 35.4 Å². The van der Waals surface area contributed by atoms with Gasteiger partial charge in [0.2, 0.25) is 17.7 Å². The molecule has 0 unspecified atom stereocenters. The summed E-state index contributed by atoms with van der Waals surface area (Å²) in [6, 6.07) is 4.91. The van der Waals surface area contributed by atoms with Gasteiger partial charge in [-0.05, 0) is 60.1 Å². The minimum Gasteiger partial charge on any atom is -0.368 e. The first-order chi connectivity index (χ1) is 19.6. The molecule has 1 saturated carbocycles. The van der Waals surface area contributed by atoms with E-state index in [1.165, 1.54) is 11.3 Å². The molecule has 3 amide bonds. The van der Waals surface area contributed by atoms with Crippen LogP contribution in [-0.4, -0.2) is 57.3 Å². The quantitative estimate of drug-likeness (QED) is 0.316. The number of amides is 3. The third-order valence-corrected chi connectivity index (χ3v) is 9.77. The summed E-state index contributed by atoms with van der Waals surface area (Å²) in [5.41, 5.74) is 6.87. The molecule has 1 aromatic carbocycles. The number of hydrogen-bond donors (Lipinski definition) is 4. The van der Waals surface area contributed by atoms with Crippen LogP contribution in [0.1, 0.15) is 50.6 Å². The maximum atomic E-state index is 14.1. The molecule has 5 rings (SSSR count). The number of primary amides is 1. The van der Waals surface area contributed by atoms with Gasteiger partial charge in [-0.25, -0.2) is 4.98 Å². The van der Waals surface area contributed by atoms with E-state index in [1.807, 2.05) is 52.8 Å². The molecule has 224 valence electrons. The predicted octanol–water partition coefficient (Wildman–Crippen LogP) is 3.12. The standard InChI is InChI=1S/C31H40N6O4S/c1-15-8-9-20-17(10-15)11-18(26(39)34-20)12-21(25(32)38)35-27(40)23-22-19(31(22,6)7)14-37(23)28(41)24(30(3,4)5)36-29-33-13-16(2)42-29/h8-11,13,19,21-24H,12,14H2,1-7H3,(H2,32,38)(H,33,36)(H,34,39)(H,35,40)/t19-,21-,22-,23-,24+/m0/s1. The van der Waals surface area contributed by atoms with E-state index in [-0.39, 0.29) is 35.1 Å². The number of H-pyrrole nitrogens is 1. The molecule has 5 atom stereocenters. The summed E-state index contributed by atoms with van der Waals surface area (Å²) in [5, 5.41) is 7.60. The van der Waals surface area contributed by atoms with Crippen molar-refractivity contribution >= 4 is 45.1 Å². The number of aryl methyl sites for hydroxylation is 2. The van der Waals surface area contributed by atoms with Crippen LogP contribution in [0.3, 0.4) is 0 Å². The second-order valence-electron chi connectivity index (χ2n) is 13.5. The lowest BCUT2D eigenvalue weighted by Gasteiger charge is -2.37. The number of anilines is 1. The van der Waals surface area contributed by atoms with Gasteiger partial charge in [0.05, 0.1) is 0 Å². The highest BCUT2D eigenvalue weighted by Crippen LogP contribution is 2.65. The molecule has 1 aliphatic carbocycles. The number of carbonyl (C=O) groups excluding carboxylic acids is 3. The fraction of sp³-hybridized carbons (Fsp3) is 0.516. The van der Waals surface area contributed by atoms with Crippen LogP contribution in [0.25, 0.3) is 10.9 Å². The third kappa shape index (κ3) is 5.54. The number of thiazole rings is 1. The van der Waals surface area contributed by atoms with Crippen molar-refractivity contribution in [3.8, 4) is 0 Å². The SMILES string of the molecule is Cc1ccc2[nH]c(=O)c(C[C@H](NC(=O)[C@@H]3[C@@H]4[C@H](CN3C(=O)[C@@H](Nc3ncc(C)s3)C(C)(C)C)C4(C)C)C(N)=O)cc2c1. The Kier molecular flexibility index (Phi) is 7.45. The highest BCUT2D eigenvalue weighted by molar-refractivity contribution is 7.15. The zero-order chi connectivity index (χ0) is 30.7. The van der Waals surface area contributed by atoms with E-state index in [2.05, 4.69) is 34.4 Å². The molecule has 1 aliphatic heterocycles. The number of nitrogens with one attached hydrogen (secondary N) is 3. The smallest absolute Gasteiger partial charge is 0.251 e. The van der Waals surface area contributed by atoms with Crippen molar-refractivity contribution in [1.82, 2.24) is 20.2 Å². The Morgan fingerprint density at radius 2 is 1.93 bits per heavy atom. The van der Waals surface area contributed by atoms with Gasteiger partial charge in [-0.1, -0.05) is 46.2 Å². The van der Waals surface area contributed by atoms with Gasteiger partial charge in [0.1, 0.15) is 18.1 Å². The first-order valence-corrected chi connectivity index (χ1v) is 15.1. The average Bonchev–Trinajstić information content (AvgIpc) is 3.25. The maximum Gasteiger partial charge on any atom is 0.251 e. The molecule has 0 bridgehead atoms. The van der Waals surface area contributed by atoms with Crippen molar-refractivity contribution in [2.45, 2.75) is 73.0 Å². The van der Waals surface area contributed by atoms with Crippen molar-refractivity contribution in [2.75, 3.05) is 11.9 Å². The Labute approximate surface area is 249 Å². The van der Waals surface area contributed by atoms with Crippen molar-refractivity contribution in [1.29, 1.82) is 0 Å². The van der Waals surface area contributed by atoms with E-state index in [1.54, 1.807) is 17.2 Å². The summed E-state index contributed by atoms with van der Waals surface area (Å²) in [4.78, 5) is 63.4. The molecule has 5 N–H and O–H groups in total. The van der Waals surface area contributed by atoms with E-state index >= 15 is 0 Å². The van der Waals surface area contributed by atoms with E-state index in [4.69, 9.17) is 5.73 Å². The number of aromatic nitrogens is 2. The lowest BCUT2D eigenvalue weighted by molar-refractivity contribution is -0.143. The fourth-order valence-corrected chi connectivity index (χ4v) is 7.09. The number of fused-ring (bicyclic) bond motifs is 2. The number of benzene rings is 1. The molecule has 1 saturated heterocycles. The Morgan fingerprint density at radius 3 is 2.55 bits per heavy atom. The van der Waals surface area contributed by atoms with Crippen LogP contribution >= 0.6 is 11.3 Å². The largest absolute Gasteiger partial charge is 0.368 e. The number of nitrogens with zero attached hydrogens (tertiary/aromatic N) is 2. The Bertz CT molecular complexity index is 1620. The lowest BCUT2D eigenvalue weighted by Crippen LogP contribution is -2.58. The van der Waals surface area contributed by atoms with Crippen molar-refractivity contribution in [3.05, 3.63) is 56.8 Å². The summed E-state index contributed by atoms with van der Waals surface area (Å²) in [7, 11) is 0. The van der Waals surface area contributed by atoms with Crippen molar-refractivity contribution in [2.24, 2.45) is 28.4 Å². The highest BCUT2D eigenvalue weighted by Gasteiger charge is 2.69. The number of likely N-dealkylation sites (tertiary alicyclic amines) is 1. The molecule has 3 heterocycles. The average molecular weight is 593 g/mol. The molecule has 11 heteroatoms. The van der Waals surface area contributed by atoms with Gasteiger partial charge in [-0.2, -0.15) is 0 Å². The lowest BCUT2D eigenvalue weighted by atomic mass is 9.85. The van der Waals surface area contributed by atoms with Crippen LogP contribution < -0.4 is 21.9 Å². The molecular weight excluding hydrogens is 552 g/mol. The molecule has 0 spiro atoms. The van der Waals surface area contributed by atoms with Gasteiger partial charge in [0.25, 0.3) is 5.56 Å². The fourth-order valence-electron chi connectivity index (χ4n) is 6.40. The summed E-state index contributed by atoms with van der Waals surface area (Å²) < 4.78 is 0. The molecule has 0 radical (unpaired) electrons. The van der Waals surface area contributed by atoms with E-state index in [9.17, 15) is 19.2 Å². The summed E-state index contributed by atoms with van der Waals surface area (Å²) in [6.07, 6.45) is 1.70. The maximum absolute atomic E-state index is 14.1. The second-order valence-corrected chi connectivity index (χ2v) is 14.7. The zero-order valence-corrected chi connectivity index (χ0v) is 26.0. The first-order valence-electron chi connectivity index (χ1n) is 14.3. The molecule has 2 fully saturated rings. The topological polar surface area (TPSA) is 150 Å². The molecule has 2 aromatic heterocycles. The number of nitrogens with two attached hydrogens (primary N) is 1. The molecular formula is C31H40N6O4S. The van der Waals surface area contributed by atoms with Crippen LogP contribution in [0.15, 0.2) is 35.3 Å². The van der Waals surface area contributed by atoms with Gasteiger partial charge in [-0.3, -0.25) is 19.2 Å². The van der Waals surface area contributed by atoms with Gasteiger partial charge in [0.15, 0.2) is 5.13 Å². The normalized spacial score (nSPS) is 22.4. The van der Waals surface area contributed by atoms with E-state index in [0.29, 0.717) is 22.8 Å². The number of aromatic amines is 1. The number of pyridine rings is 1. The predicted molar refractivity (Wildman–Crippen MR) is 164 cm³/mol. The molecule has 3 aromatic rings. The van der Waals surface area contributed by atoms with Crippen LogP contribution in [0.2, 0.25) is 0 Å². The van der Waals surface area contributed by atoms with Crippen molar-refractivity contribution < 1.29 is 14.4 Å². The molecule has 2 aliphatic rings. The van der Waals surface area contributed by atoms with Gasteiger partial charge in [-0.15, -0.1) is 11.3 Å². The van der Waals surface area contributed by atoms with Gasteiger partial charge in [0, 0.05) is 35.1 Å². The number of hydrogen-bond acceptors (Lipinski definition) is 7.